The van der Waals surface area contributed by atoms with Gasteiger partial charge >= 0.3 is 6.03 Å². The molecule has 3 heterocycles. The summed E-state index contributed by atoms with van der Waals surface area (Å²) in [6.07, 6.45) is 5.19. The van der Waals surface area contributed by atoms with Crippen LogP contribution in [0.5, 0.6) is 5.75 Å². The van der Waals surface area contributed by atoms with Gasteiger partial charge in [-0.25, -0.2) is 9.78 Å². The number of methoxy groups -OCH3 is 1. The fourth-order valence-electron chi connectivity index (χ4n) is 3.93. The van der Waals surface area contributed by atoms with Crippen LogP contribution in [0.3, 0.4) is 0 Å². The molecule has 4 rings (SSSR count). The van der Waals surface area contributed by atoms with Crippen molar-refractivity contribution in [1.29, 1.82) is 0 Å². The number of benzene rings is 1. The first-order valence-corrected chi connectivity index (χ1v) is 10.8. The maximum Gasteiger partial charge on any atom is 0.324 e. The van der Waals surface area contributed by atoms with Gasteiger partial charge in [0.15, 0.2) is 0 Å². The molecule has 32 heavy (non-hydrogen) atoms. The Morgan fingerprint density at radius 2 is 2.25 bits per heavy atom. The Hall–Kier alpha value is -3.11. The monoisotopic (exact) mass is 442 g/mol. The molecule has 1 unspecified atom stereocenters. The van der Waals surface area contributed by atoms with E-state index in [1.807, 2.05) is 12.1 Å². The highest BCUT2D eigenvalue weighted by atomic mass is 16.5. The molecule has 2 fully saturated rings. The van der Waals surface area contributed by atoms with E-state index in [0.29, 0.717) is 67.4 Å². The van der Waals surface area contributed by atoms with Crippen molar-refractivity contribution in [1.82, 2.24) is 14.9 Å². The molecule has 2 aromatic rings. The summed E-state index contributed by atoms with van der Waals surface area (Å²) in [4.78, 5) is 26.7. The normalized spacial score (nSPS) is 21.4. The van der Waals surface area contributed by atoms with Crippen molar-refractivity contribution < 1.29 is 19.4 Å². The smallest absolute Gasteiger partial charge is 0.324 e. The first-order valence-electron chi connectivity index (χ1n) is 10.8. The number of rotatable bonds is 5. The number of carbonyl (C=O) groups is 1. The standard InChI is InChI=1S/C22H30N6O4/c1-22(30)6-8-28(9-7-22)21(29)27-20-25-18-16(3-4-17(31-2)19(18)26-20)14(11-23)12-24-15-5-10-32-13-15/h3-4,11-12,15,30H,5-10,13,23H2,1-2H3,(H2,25,26,27,29). The van der Waals surface area contributed by atoms with Crippen molar-refractivity contribution in [3.8, 4) is 5.75 Å². The van der Waals surface area contributed by atoms with E-state index < -0.39 is 5.60 Å². The number of piperidine rings is 1. The second-order valence-electron chi connectivity index (χ2n) is 8.46. The molecular weight excluding hydrogens is 412 g/mol. The quantitative estimate of drug-likeness (QED) is 0.523. The minimum absolute atomic E-state index is 0.123. The fourth-order valence-corrected chi connectivity index (χ4v) is 3.93. The summed E-state index contributed by atoms with van der Waals surface area (Å²) >= 11 is 0. The zero-order chi connectivity index (χ0) is 22.7. The van der Waals surface area contributed by atoms with Gasteiger partial charge in [0.1, 0.15) is 16.8 Å². The van der Waals surface area contributed by atoms with Crippen LogP contribution < -0.4 is 15.8 Å². The van der Waals surface area contributed by atoms with Crippen LogP contribution in [0.4, 0.5) is 10.7 Å². The van der Waals surface area contributed by atoms with Crippen LogP contribution >= 0.6 is 0 Å². The molecule has 2 aliphatic heterocycles. The van der Waals surface area contributed by atoms with Gasteiger partial charge in [0.25, 0.3) is 0 Å². The van der Waals surface area contributed by atoms with Crippen LogP contribution in [0.2, 0.25) is 0 Å². The predicted molar refractivity (Wildman–Crippen MR) is 123 cm³/mol. The first-order chi connectivity index (χ1) is 15.4. The van der Waals surface area contributed by atoms with Crippen molar-refractivity contribution >= 4 is 34.8 Å². The van der Waals surface area contributed by atoms with E-state index >= 15 is 0 Å². The summed E-state index contributed by atoms with van der Waals surface area (Å²) in [6.45, 7) is 4.08. The molecule has 2 aliphatic rings. The molecule has 1 atom stereocenters. The number of fused-ring (bicyclic) bond motifs is 1. The summed E-state index contributed by atoms with van der Waals surface area (Å²) < 4.78 is 10.8. The molecule has 2 amide bonds. The van der Waals surface area contributed by atoms with Crippen molar-refractivity contribution in [2.75, 3.05) is 38.7 Å². The lowest BCUT2D eigenvalue weighted by molar-refractivity contribution is 0.00569. The Labute approximate surface area is 186 Å². The van der Waals surface area contributed by atoms with E-state index in [9.17, 15) is 9.90 Å². The van der Waals surface area contributed by atoms with Gasteiger partial charge in [-0.15, -0.1) is 0 Å². The number of hydrogen-bond acceptors (Lipinski definition) is 7. The van der Waals surface area contributed by atoms with Crippen LogP contribution in [-0.2, 0) is 4.74 Å². The number of nitrogens with one attached hydrogen (secondary N) is 2. The van der Waals surface area contributed by atoms with E-state index in [-0.39, 0.29) is 12.1 Å². The number of carbonyl (C=O) groups excluding carboxylic acids is 1. The first kappa shape index (κ1) is 22.1. The molecule has 5 N–H and O–H groups in total. The third-order valence-corrected chi connectivity index (χ3v) is 6.00. The van der Waals surface area contributed by atoms with E-state index in [1.54, 1.807) is 25.1 Å². The predicted octanol–water partition coefficient (Wildman–Crippen LogP) is 2.11. The minimum atomic E-state index is -0.727. The minimum Gasteiger partial charge on any atom is -0.494 e. The van der Waals surface area contributed by atoms with Gasteiger partial charge in [0, 0.05) is 43.2 Å². The average molecular weight is 443 g/mol. The number of amides is 2. The highest BCUT2D eigenvalue weighted by molar-refractivity contribution is 6.14. The third-order valence-electron chi connectivity index (χ3n) is 6.00. The summed E-state index contributed by atoms with van der Waals surface area (Å²) in [5.74, 6) is 0.911. The highest BCUT2D eigenvalue weighted by Gasteiger charge is 2.30. The molecule has 1 aromatic carbocycles. The number of imidazole rings is 1. The molecule has 10 nitrogen and oxygen atoms in total. The molecule has 0 saturated carbocycles. The number of aromatic nitrogens is 2. The maximum atomic E-state index is 12.7. The summed E-state index contributed by atoms with van der Waals surface area (Å²) in [5, 5.41) is 12.9. The van der Waals surface area contributed by atoms with Gasteiger partial charge in [-0.1, -0.05) is 0 Å². The third kappa shape index (κ3) is 4.71. The molecule has 0 aliphatic carbocycles. The van der Waals surface area contributed by atoms with Crippen molar-refractivity contribution in [3.63, 3.8) is 0 Å². The maximum absolute atomic E-state index is 12.7. The number of hydrogen-bond donors (Lipinski definition) is 4. The molecule has 0 radical (unpaired) electrons. The number of ether oxygens (including phenoxy) is 2. The number of urea groups is 1. The number of likely N-dealkylation sites (tertiary alicyclic amines) is 1. The Bertz CT molecular complexity index is 1030. The van der Waals surface area contributed by atoms with Crippen LogP contribution in [0.25, 0.3) is 16.6 Å². The Morgan fingerprint density at radius 3 is 2.91 bits per heavy atom. The van der Waals surface area contributed by atoms with Gasteiger partial charge < -0.3 is 30.2 Å². The molecule has 0 spiro atoms. The molecule has 10 heteroatoms. The molecule has 1 aromatic heterocycles. The average Bonchev–Trinajstić information content (AvgIpc) is 3.44. The zero-order valence-corrected chi connectivity index (χ0v) is 18.4. The topological polar surface area (TPSA) is 138 Å². The molecular formula is C22H30N6O4. The zero-order valence-electron chi connectivity index (χ0n) is 18.4. The van der Waals surface area contributed by atoms with E-state index in [0.717, 1.165) is 12.0 Å². The number of nitrogens with zero attached hydrogens (tertiary/aromatic N) is 3. The second kappa shape index (κ2) is 9.17. The van der Waals surface area contributed by atoms with E-state index in [4.69, 9.17) is 15.2 Å². The Morgan fingerprint density at radius 1 is 1.47 bits per heavy atom. The van der Waals surface area contributed by atoms with Gasteiger partial charge in [-0.2, -0.15) is 0 Å². The number of H-pyrrole nitrogens is 1. The van der Waals surface area contributed by atoms with Gasteiger partial charge in [-0.3, -0.25) is 10.3 Å². The summed E-state index contributed by atoms with van der Waals surface area (Å²) in [7, 11) is 1.58. The number of aliphatic hydroxyl groups is 1. The fraction of sp³-hybridized carbons (Fsp3) is 0.500. The number of anilines is 1. The Kier molecular flexibility index (Phi) is 6.33. The van der Waals surface area contributed by atoms with Crippen molar-refractivity contribution in [2.24, 2.45) is 10.7 Å². The second-order valence-corrected chi connectivity index (χ2v) is 8.46. The van der Waals surface area contributed by atoms with Crippen molar-refractivity contribution in [3.05, 3.63) is 23.9 Å². The van der Waals surface area contributed by atoms with Crippen molar-refractivity contribution in [2.45, 2.75) is 37.8 Å². The highest BCUT2D eigenvalue weighted by Crippen LogP contribution is 2.31. The Balaban J connectivity index is 1.58. The number of aromatic amines is 1. The van der Waals surface area contributed by atoms with E-state index in [1.165, 1.54) is 6.20 Å². The lowest BCUT2D eigenvalue weighted by Crippen LogP contribution is -2.46. The molecule has 2 saturated heterocycles. The van der Waals surface area contributed by atoms with Crippen LogP contribution in [0.1, 0.15) is 31.7 Å². The number of allylic oxidation sites excluding steroid dienone is 1. The van der Waals surface area contributed by atoms with Crippen LogP contribution in [0.15, 0.2) is 23.3 Å². The van der Waals surface area contributed by atoms with Gasteiger partial charge in [-0.05, 0) is 38.3 Å². The molecule has 0 bridgehead atoms. The van der Waals surface area contributed by atoms with E-state index in [2.05, 4.69) is 20.3 Å². The molecule has 172 valence electrons. The lowest BCUT2D eigenvalue weighted by Gasteiger charge is -2.35. The van der Waals surface area contributed by atoms with Gasteiger partial charge in [0.05, 0.1) is 25.4 Å². The lowest BCUT2D eigenvalue weighted by atomic mass is 9.94. The summed E-state index contributed by atoms with van der Waals surface area (Å²) in [5.41, 5.74) is 7.94. The number of aliphatic imine (C=N–C) groups is 1. The summed E-state index contributed by atoms with van der Waals surface area (Å²) in [6, 6.07) is 3.55. The van der Waals surface area contributed by atoms with Crippen LogP contribution in [0, 0.1) is 0 Å². The van der Waals surface area contributed by atoms with Crippen LogP contribution in [-0.4, -0.2) is 77.3 Å². The van der Waals surface area contributed by atoms with Gasteiger partial charge in [0.2, 0.25) is 5.95 Å². The SMILES string of the molecule is COc1ccc(C(C=NC2CCOC2)=CN)c2nc(NC(=O)N3CCC(C)(O)CC3)[nH]c12. The number of nitrogens with two attached hydrogens (primary N) is 1. The largest absolute Gasteiger partial charge is 0.494 e.